The third kappa shape index (κ3) is 3.21. The van der Waals surface area contributed by atoms with Crippen molar-refractivity contribution in [1.29, 1.82) is 0 Å². The smallest absolute Gasteiger partial charge is 0.271 e. The Labute approximate surface area is 106 Å². The van der Waals surface area contributed by atoms with E-state index in [2.05, 4.69) is 10.4 Å². The molecule has 18 heavy (non-hydrogen) atoms. The zero-order valence-electron chi connectivity index (χ0n) is 10.9. The van der Waals surface area contributed by atoms with Crippen molar-refractivity contribution in [2.24, 2.45) is 0 Å². The molecule has 0 saturated carbocycles. The van der Waals surface area contributed by atoms with Gasteiger partial charge in [-0.15, -0.1) is 0 Å². The molecule has 0 saturated heterocycles. The van der Waals surface area contributed by atoms with Crippen LogP contribution in [0.25, 0.3) is 0 Å². The first-order chi connectivity index (χ1) is 8.51. The first-order valence-corrected chi connectivity index (χ1v) is 5.79. The van der Waals surface area contributed by atoms with Crippen molar-refractivity contribution in [3.8, 4) is 0 Å². The Balaban J connectivity index is 2.72. The van der Waals surface area contributed by atoms with Crippen LogP contribution in [-0.4, -0.2) is 47.2 Å². The molecule has 102 valence electrons. The Morgan fingerprint density at radius 3 is 2.89 bits per heavy atom. The minimum atomic E-state index is -0.737. The van der Waals surface area contributed by atoms with Gasteiger partial charge in [0.2, 0.25) is 0 Å². The molecule has 1 rings (SSSR count). The number of methoxy groups -OCH3 is 1. The van der Waals surface area contributed by atoms with Crippen molar-refractivity contribution in [2.75, 3.05) is 26.0 Å². The van der Waals surface area contributed by atoms with E-state index in [1.54, 1.807) is 11.6 Å². The number of rotatable bonds is 6. The van der Waals surface area contributed by atoms with Gasteiger partial charge in [-0.1, -0.05) is 0 Å². The summed E-state index contributed by atoms with van der Waals surface area (Å²) < 4.78 is 6.32. The van der Waals surface area contributed by atoms with Crippen LogP contribution in [-0.2, 0) is 11.3 Å². The Bertz CT molecular complexity index is 417. The van der Waals surface area contributed by atoms with E-state index in [0.717, 1.165) is 0 Å². The van der Waals surface area contributed by atoms with E-state index >= 15 is 0 Å². The van der Waals surface area contributed by atoms with Gasteiger partial charge in [0.15, 0.2) is 0 Å². The minimum Gasteiger partial charge on any atom is -0.395 e. The highest BCUT2D eigenvalue weighted by Crippen LogP contribution is 2.15. The molecule has 0 spiro atoms. The standard InChI is InChI=1S/C11H20N4O3/c1-4-15-10(9(12)7(2)14-15)11(17)13-5-8(16)6-18-3/h8,16H,4-6,12H2,1-3H3,(H,13,17). The third-order valence-electron chi connectivity index (χ3n) is 2.55. The number of ether oxygens (including phenoxy) is 1. The fourth-order valence-electron chi connectivity index (χ4n) is 1.61. The minimum absolute atomic E-state index is 0.111. The van der Waals surface area contributed by atoms with Crippen LogP contribution in [0.1, 0.15) is 23.1 Å². The van der Waals surface area contributed by atoms with Gasteiger partial charge in [0.25, 0.3) is 5.91 Å². The number of carbonyl (C=O) groups excluding carboxylic acids is 1. The van der Waals surface area contributed by atoms with Gasteiger partial charge in [0.05, 0.1) is 24.1 Å². The first kappa shape index (κ1) is 14.5. The second-order valence-electron chi connectivity index (χ2n) is 3.98. The van der Waals surface area contributed by atoms with E-state index in [1.807, 2.05) is 6.92 Å². The maximum absolute atomic E-state index is 12.0. The number of nitrogens with zero attached hydrogens (tertiary/aromatic N) is 2. The maximum atomic E-state index is 12.0. The highest BCUT2D eigenvalue weighted by molar-refractivity contribution is 5.97. The van der Waals surface area contributed by atoms with E-state index in [4.69, 9.17) is 10.5 Å². The summed E-state index contributed by atoms with van der Waals surface area (Å²) in [6.45, 7) is 4.46. The zero-order valence-corrected chi connectivity index (χ0v) is 10.9. The van der Waals surface area contributed by atoms with Crippen molar-refractivity contribution in [3.05, 3.63) is 11.4 Å². The molecule has 0 aliphatic rings. The predicted octanol–water partition coefficient (Wildman–Crippen LogP) is -0.469. The van der Waals surface area contributed by atoms with Crippen molar-refractivity contribution in [1.82, 2.24) is 15.1 Å². The number of aromatic nitrogens is 2. The molecular formula is C11H20N4O3. The number of aliphatic hydroxyl groups is 1. The molecule has 0 aliphatic heterocycles. The molecule has 0 aliphatic carbocycles. The highest BCUT2D eigenvalue weighted by atomic mass is 16.5. The molecule has 4 N–H and O–H groups in total. The van der Waals surface area contributed by atoms with Gasteiger partial charge in [0, 0.05) is 20.2 Å². The summed E-state index contributed by atoms with van der Waals surface area (Å²) in [4.78, 5) is 12.0. The fourth-order valence-corrected chi connectivity index (χ4v) is 1.61. The normalized spacial score (nSPS) is 12.4. The lowest BCUT2D eigenvalue weighted by Gasteiger charge is -2.11. The molecule has 1 unspecified atom stereocenters. The predicted molar refractivity (Wildman–Crippen MR) is 67.3 cm³/mol. The molecule has 1 amide bonds. The molecule has 0 aromatic carbocycles. The lowest BCUT2D eigenvalue weighted by molar-refractivity contribution is 0.0607. The van der Waals surface area contributed by atoms with Gasteiger partial charge in [-0.2, -0.15) is 5.10 Å². The number of amides is 1. The lowest BCUT2D eigenvalue weighted by atomic mass is 10.2. The van der Waals surface area contributed by atoms with Crippen LogP contribution in [0.15, 0.2) is 0 Å². The van der Waals surface area contributed by atoms with Gasteiger partial charge in [-0.05, 0) is 13.8 Å². The van der Waals surface area contributed by atoms with E-state index in [-0.39, 0.29) is 19.1 Å². The van der Waals surface area contributed by atoms with Crippen molar-refractivity contribution < 1.29 is 14.6 Å². The van der Waals surface area contributed by atoms with Crippen LogP contribution >= 0.6 is 0 Å². The molecule has 7 heteroatoms. The lowest BCUT2D eigenvalue weighted by Crippen LogP contribution is -2.35. The number of aliphatic hydroxyl groups excluding tert-OH is 1. The third-order valence-corrected chi connectivity index (χ3v) is 2.55. The van der Waals surface area contributed by atoms with Gasteiger partial charge < -0.3 is 20.9 Å². The van der Waals surface area contributed by atoms with Crippen LogP contribution in [0.3, 0.4) is 0 Å². The SMILES string of the molecule is CCn1nc(C)c(N)c1C(=O)NCC(O)COC. The van der Waals surface area contributed by atoms with Crippen LogP contribution in [0, 0.1) is 6.92 Å². The van der Waals surface area contributed by atoms with Crippen LogP contribution in [0.5, 0.6) is 0 Å². The van der Waals surface area contributed by atoms with Gasteiger partial charge in [0.1, 0.15) is 5.69 Å². The molecule has 1 aromatic heterocycles. The average Bonchev–Trinajstić information content (AvgIpc) is 2.63. The average molecular weight is 256 g/mol. The molecular weight excluding hydrogens is 236 g/mol. The van der Waals surface area contributed by atoms with Crippen molar-refractivity contribution >= 4 is 11.6 Å². The number of aryl methyl sites for hydroxylation is 2. The topological polar surface area (TPSA) is 102 Å². The van der Waals surface area contributed by atoms with Crippen molar-refractivity contribution in [2.45, 2.75) is 26.5 Å². The zero-order chi connectivity index (χ0) is 13.7. The molecule has 7 nitrogen and oxygen atoms in total. The number of anilines is 1. The summed E-state index contributed by atoms with van der Waals surface area (Å²) in [6, 6.07) is 0. The van der Waals surface area contributed by atoms with Crippen LogP contribution < -0.4 is 11.1 Å². The summed E-state index contributed by atoms with van der Waals surface area (Å²) in [5.41, 5.74) is 7.14. The second kappa shape index (κ2) is 6.36. The van der Waals surface area contributed by atoms with E-state index < -0.39 is 6.10 Å². The number of nitrogens with two attached hydrogens (primary N) is 1. The molecule has 1 aromatic rings. The van der Waals surface area contributed by atoms with Gasteiger partial charge >= 0.3 is 0 Å². The summed E-state index contributed by atoms with van der Waals surface area (Å²) in [5.74, 6) is -0.342. The number of carbonyl (C=O) groups is 1. The fraction of sp³-hybridized carbons (Fsp3) is 0.636. The molecule has 1 heterocycles. The van der Waals surface area contributed by atoms with Crippen LogP contribution in [0.4, 0.5) is 5.69 Å². The maximum Gasteiger partial charge on any atom is 0.271 e. The van der Waals surface area contributed by atoms with Crippen LogP contribution in [0.2, 0.25) is 0 Å². The molecule has 1 atom stereocenters. The van der Waals surface area contributed by atoms with Crippen molar-refractivity contribution in [3.63, 3.8) is 0 Å². The number of hydrogen-bond acceptors (Lipinski definition) is 5. The largest absolute Gasteiger partial charge is 0.395 e. The Morgan fingerprint density at radius 1 is 1.67 bits per heavy atom. The molecule has 0 fully saturated rings. The Kier molecular flexibility index (Phi) is 5.11. The summed E-state index contributed by atoms with van der Waals surface area (Å²) in [7, 11) is 1.48. The Hall–Kier alpha value is -1.60. The number of hydrogen-bond donors (Lipinski definition) is 3. The van der Waals surface area contributed by atoms with E-state index in [1.165, 1.54) is 7.11 Å². The molecule has 0 radical (unpaired) electrons. The monoisotopic (exact) mass is 256 g/mol. The summed E-state index contributed by atoms with van der Waals surface area (Å²) in [6.07, 6.45) is -0.737. The second-order valence-corrected chi connectivity index (χ2v) is 3.98. The Morgan fingerprint density at radius 2 is 2.33 bits per heavy atom. The van der Waals surface area contributed by atoms with E-state index in [0.29, 0.717) is 23.6 Å². The quantitative estimate of drug-likeness (QED) is 0.638. The molecule has 0 bridgehead atoms. The summed E-state index contributed by atoms with van der Waals surface area (Å²) >= 11 is 0. The van der Waals surface area contributed by atoms with Gasteiger partial charge in [-0.25, -0.2) is 0 Å². The van der Waals surface area contributed by atoms with E-state index in [9.17, 15) is 9.90 Å². The highest BCUT2D eigenvalue weighted by Gasteiger charge is 2.19. The number of nitrogen functional groups attached to an aromatic ring is 1. The summed E-state index contributed by atoms with van der Waals surface area (Å²) in [5, 5.41) is 16.2. The first-order valence-electron chi connectivity index (χ1n) is 5.79. The van der Waals surface area contributed by atoms with Gasteiger partial charge in [-0.3, -0.25) is 9.48 Å². The number of nitrogens with one attached hydrogen (secondary N) is 1.